The summed E-state index contributed by atoms with van der Waals surface area (Å²) in [6.45, 7) is 6.97. The van der Waals surface area contributed by atoms with Crippen LogP contribution in [0.5, 0.6) is 11.8 Å². The highest BCUT2D eigenvalue weighted by Gasteiger charge is 2.49. The van der Waals surface area contributed by atoms with E-state index in [1.54, 1.807) is 18.3 Å². The number of hydrogen-bond acceptors (Lipinski definition) is 9. The number of piperazine rings is 1. The van der Waals surface area contributed by atoms with E-state index in [1.807, 2.05) is 0 Å². The summed E-state index contributed by atoms with van der Waals surface area (Å²) >= 11 is 0. The molecule has 2 aromatic carbocycles. The molecule has 0 amide bonds. The molecule has 4 aliphatic heterocycles. The molecule has 4 saturated heterocycles. The second-order valence-corrected chi connectivity index (χ2v) is 16.7. The summed E-state index contributed by atoms with van der Waals surface area (Å²) in [5.41, 5.74) is -0.459. The number of ether oxygens (including phenoxy) is 2. The van der Waals surface area contributed by atoms with Crippen LogP contribution in [0.25, 0.3) is 32.9 Å². The summed E-state index contributed by atoms with van der Waals surface area (Å²) in [6, 6.07) is 6.53. The van der Waals surface area contributed by atoms with Crippen LogP contribution in [0.2, 0.25) is 0 Å². The largest absolute Gasteiger partial charge is 0.461 e. The molecule has 302 valence electrons. The predicted octanol–water partition coefficient (Wildman–Crippen LogP) is 8.68. The molecule has 5 atom stereocenters. The van der Waals surface area contributed by atoms with Gasteiger partial charge < -0.3 is 19.7 Å². The number of fused-ring (bicyclic) bond motifs is 5. The van der Waals surface area contributed by atoms with Gasteiger partial charge in [0.2, 0.25) is 0 Å². The first kappa shape index (κ1) is 39.4. The minimum absolute atomic E-state index is 0.00270. The molecule has 57 heavy (non-hydrogen) atoms. The minimum Gasteiger partial charge on any atom is -0.461 e. The number of hydrogen-bond donors (Lipinski definition) is 1. The van der Waals surface area contributed by atoms with E-state index in [4.69, 9.17) is 20.9 Å². The quantitative estimate of drug-likeness (QED) is 0.0551. The van der Waals surface area contributed by atoms with Gasteiger partial charge in [0.05, 0.1) is 22.4 Å². The van der Waals surface area contributed by atoms with Gasteiger partial charge in [0.1, 0.15) is 41.4 Å². The number of benzene rings is 2. The zero-order valence-corrected chi connectivity index (χ0v) is 33.1. The zero-order valence-electron chi connectivity index (χ0n) is 33.1. The maximum absolute atomic E-state index is 17.4. The number of halogens is 3. The van der Waals surface area contributed by atoms with Crippen molar-refractivity contribution in [3.05, 3.63) is 47.7 Å². The van der Waals surface area contributed by atoms with Crippen LogP contribution in [0.1, 0.15) is 103 Å². The van der Waals surface area contributed by atoms with Crippen LogP contribution in [0.15, 0.2) is 30.5 Å². The number of esters is 1. The monoisotopic (exact) mass is 782 g/mol. The maximum Gasteiger partial charge on any atom is 0.319 e. The average Bonchev–Trinajstić information content (AvgIpc) is 3.86. The van der Waals surface area contributed by atoms with E-state index in [1.165, 1.54) is 12.1 Å². The number of nitrogens with zero attached hydrogens (tertiary/aromatic N) is 5. The number of carbonyl (C=O) groups is 1. The van der Waals surface area contributed by atoms with Crippen molar-refractivity contribution in [2.75, 3.05) is 37.7 Å². The number of rotatable bonds is 15. The lowest BCUT2D eigenvalue weighted by molar-refractivity contribution is -0.139. The van der Waals surface area contributed by atoms with Crippen LogP contribution in [0.4, 0.5) is 19.0 Å². The Hall–Kier alpha value is -4.47. The third-order valence-electron chi connectivity index (χ3n) is 12.7. The van der Waals surface area contributed by atoms with Gasteiger partial charge in [0.25, 0.3) is 0 Å². The highest BCUT2D eigenvalue weighted by molar-refractivity contribution is 6.03. The lowest BCUT2D eigenvalue weighted by Gasteiger charge is -2.34. The molecule has 0 radical (unpaired) electrons. The molecule has 2 bridgehead atoms. The van der Waals surface area contributed by atoms with Crippen molar-refractivity contribution in [1.29, 1.82) is 0 Å². The first-order valence-corrected chi connectivity index (χ1v) is 21.0. The van der Waals surface area contributed by atoms with Crippen molar-refractivity contribution < 1.29 is 27.4 Å². The molecule has 0 saturated carbocycles. The molecule has 4 aromatic rings. The van der Waals surface area contributed by atoms with E-state index in [0.717, 1.165) is 77.2 Å². The summed E-state index contributed by atoms with van der Waals surface area (Å²) in [7, 11) is 0. The summed E-state index contributed by atoms with van der Waals surface area (Å²) in [4.78, 5) is 32.2. The SMILES string of the molecule is C#Cc1c(F)ccc2cc(OC(=O)C(CCCC)CCCCCC)cc(-c3ncc4c(N5CC6CCC(C5)N6)nc(OC[C@@]56CCCN5C[C@H](F)C6)nc4c3F)c12. The molecule has 1 N–H and O–H groups in total. The second-order valence-electron chi connectivity index (χ2n) is 16.7. The molecular formula is C45H53F3N6O3. The highest BCUT2D eigenvalue weighted by Crippen LogP contribution is 2.42. The zero-order chi connectivity index (χ0) is 39.7. The van der Waals surface area contributed by atoms with Gasteiger partial charge in [-0.2, -0.15) is 9.97 Å². The number of anilines is 1. The molecule has 4 fully saturated rings. The molecule has 0 aliphatic carbocycles. The standard InChI is InChI=1S/C45H53F3N6O3/c1-4-7-9-10-13-28(12-8-5-2)43(55)57-33-20-29-14-17-37(47)34(6-3)38(29)35(21-33)40-39(48)41-36(23-49-40)42(53-25-31-15-16-32(26-53)50-31)52-44(51-41)56-27-45-18-11-19-54(45)24-30(46)22-45/h3,14,17,20-21,23,28,30-32,50H,4-5,7-13,15-16,18-19,22,24-27H2,1-2H3/t28?,30-,31?,32?,45+/m1/s1. The predicted molar refractivity (Wildman–Crippen MR) is 216 cm³/mol. The van der Waals surface area contributed by atoms with E-state index < -0.39 is 23.3 Å². The minimum atomic E-state index is -0.931. The number of nitrogens with one attached hydrogen (secondary N) is 1. The number of unbranched alkanes of at least 4 members (excludes halogenated alkanes) is 4. The fourth-order valence-electron chi connectivity index (χ4n) is 9.78. The molecule has 8 rings (SSSR count). The van der Waals surface area contributed by atoms with E-state index in [0.29, 0.717) is 49.1 Å². The van der Waals surface area contributed by atoms with Gasteiger partial charge in [-0.25, -0.2) is 13.2 Å². The van der Waals surface area contributed by atoms with Gasteiger partial charge in [0.15, 0.2) is 5.82 Å². The topological polar surface area (TPSA) is 92.7 Å². The third-order valence-corrected chi connectivity index (χ3v) is 12.7. The van der Waals surface area contributed by atoms with Crippen molar-refractivity contribution in [2.24, 2.45) is 5.92 Å². The summed E-state index contributed by atoms with van der Waals surface area (Å²) in [5.74, 6) is 1.14. The number of carbonyl (C=O) groups excluding carboxylic acids is 1. The molecule has 0 spiro atoms. The van der Waals surface area contributed by atoms with Crippen molar-refractivity contribution in [1.82, 2.24) is 25.2 Å². The van der Waals surface area contributed by atoms with Crippen molar-refractivity contribution in [3.63, 3.8) is 0 Å². The van der Waals surface area contributed by atoms with Crippen LogP contribution in [0.3, 0.4) is 0 Å². The Morgan fingerprint density at radius 2 is 1.84 bits per heavy atom. The average molecular weight is 783 g/mol. The lowest BCUT2D eigenvalue weighted by Crippen LogP contribution is -2.51. The van der Waals surface area contributed by atoms with Gasteiger partial charge in [0, 0.05) is 55.3 Å². The summed E-state index contributed by atoms with van der Waals surface area (Å²) in [6.07, 6.45) is 18.2. The van der Waals surface area contributed by atoms with E-state index >= 15 is 8.78 Å². The first-order chi connectivity index (χ1) is 27.7. The second kappa shape index (κ2) is 16.8. The number of terminal acetylenes is 1. The van der Waals surface area contributed by atoms with E-state index in [2.05, 4.69) is 44.9 Å². The molecule has 4 aliphatic rings. The fourth-order valence-corrected chi connectivity index (χ4v) is 9.78. The van der Waals surface area contributed by atoms with Crippen molar-refractivity contribution in [3.8, 4) is 35.4 Å². The van der Waals surface area contributed by atoms with E-state index in [-0.39, 0.29) is 70.1 Å². The van der Waals surface area contributed by atoms with Crippen LogP contribution in [-0.2, 0) is 4.79 Å². The maximum atomic E-state index is 17.4. The molecule has 6 heterocycles. The van der Waals surface area contributed by atoms with Gasteiger partial charge in [-0.3, -0.25) is 14.7 Å². The molecule has 3 unspecified atom stereocenters. The van der Waals surface area contributed by atoms with Gasteiger partial charge in [-0.15, -0.1) is 6.42 Å². The molecule has 12 heteroatoms. The van der Waals surface area contributed by atoms with Gasteiger partial charge in [-0.05, 0) is 68.7 Å². The third kappa shape index (κ3) is 7.90. The highest BCUT2D eigenvalue weighted by atomic mass is 19.1. The van der Waals surface area contributed by atoms with Gasteiger partial charge >= 0.3 is 12.0 Å². The fraction of sp³-hybridized carbons (Fsp3) is 0.556. The molecule has 2 aromatic heterocycles. The van der Waals surface area contributed by atoms with Crippen LogP contribution in [-0.4, -0.2) is 82.4 Å². The lowest BCUT2D eigenvalue weighted by atomic mass is 9.94. The summed E-state index contributed by atoms with van der Waals surface area (Å²) in [5, 5.41) is 4.80. The van der Waals surface area contributed by atoms with Crippen LogP contribution < -0.4 is 19.7 Å². The number of alkyl halides is 1. The Bertz CT molecular complexity index is 2170. The number of aromatic nitrogens is 3. The van der Waals surface area contributed by atoms with E-state index in [9.17, 15) is 9.18 Å². The normalized spacial score (nSPS) is 23.6. The Morgan fingerprint density at radius 1 is 1.05 bits per heavy atom. The Morgan fingerprint density at radius 3 is 2.61 bits per heavy atom. The summed E-state index contributed by atoms with van der Waals surface area (Å²) < 4.78 is 59.9. The Kier molecular flexibility index (Phi) is 11.6. The Labute approximate surface area is 333 Å². The molecule has 9 nitrogen and oxygen atoms in total. The van der Waals surface area contributed by atoms with Crippen LogP contribution >= 0.6 is 0 Å². The van der Waals surface area contributed by atoms with Gasteiger partial charge in [-0.1, -0.05) is 64.4 Å². The Balaban J connectivity index is 1.21. The number of pyridine rings is 1. The smallest absolute Gasteiger partial charge is 0.319 e. The van der Waals surface area contributed by atoms with Crippen molar-refractivity contribution >= 4 is 33.5 Å². The molecular weight excluding hydrogens is 730 g/mol. The van der Waals surface area contributed by atoms with Crippen molar-refractivity contribution in [2.45, 2.75) is 121 Å². The first-order valence-electron chi connectivity index (χ1n) is 21.0. The van der Waals surface area contributed by atoms with Crippen LogP contribution in [0, 0.1) is 29.9 Å².